The van der Waals surface area contributed by atoms with Gasteiger partial charge in [-0.3, -0.25) is 13.9 Å². The maximum Gasteiger partial charge on any atom is 0.244 e. The van der Waals surface area contributed by atoms with Crippen molar-refractivity contribution in [2.24, 2.45) is 5.92 Å². The normalized spacial score (nSPS) is 13.6. The summed E-state index contributed by atoms with van der Waals surface area (Å²) in [5.41, 5.74) is 1.15. The van der Waals surface area contributed by atoms with Gasteiger partial charge in [0.2, 0.25) is 21.8 Å². The first kappa shape index (κ1) is 28.3. The van der Waals surface area contributed by atoms with Crippen molar-refractivity contribution in [3.8, 4) is 11.5 Å². The Morgan fingerprint density at radius 1 is 1.00 bits per heavy atom. The highest BCUT2D eigenvalue weighted by atomic mass is 32.2. The number of fused-ring (bicyclic) bond motifs is 1. The maximum absolute atomic E-state index is 13.8. The molecule has 0 bridgehead atoms. The van der Waals surface area contributed by atoms with Gasteiger partial charge in [-0.2, -0.15) is 0 Å². The Kier molecular flexibility index (Phi) is 9.79. The third kappa shape index (κ3) is 7.38. The van der Waals surface area contributed by atoms with Crippen LogP contribution in [0.4, 0.5) is 5.69 Å². The molecule has 1 heterocycles. The summed E-state index contributed by atoms with van der Waals surface area (Å²) in [5.74, 6) is 0.272. The predicted octanol–water partition coefficient (Wildman–Crippen LogP) is 3.19. The summed E-state index contributed by atoms with van der Waals surface area (Å²) < 4.78 is 38.6. The van der Waals surface area contributed by atoms with E-state index in [-0.39, 0.29) is 24.1 Å². The van der Waals surface area contributed by atoms with Gasteiger partial charge in [0.15, 0.2) is 11.5 Å². The fourth-order valence-corrected chi connectivity index (χ4v) is 5.08. The number of hydrogen-bond acceptors (Lipinski definition) is 6. The summed E-state index contributed by atoms with van der Waals surface area (Å²) in [4.78, 5) is 28.4. The van der Waals surface area contributed by atoms with Crippen molar-refractivity contribution >= 4 is 27.5 Å². The van der Waals surface area contributed by atoms with Crippen LogP contribution in [0.1, 0.15) is 39.7 Å². The molecule has 1 aliphatic rings. The number of carbonyl (C=O) groups excluding carboxylic acids is 2. The molecule has 0 aliphatic carbocycles. The van der Waals surface area contributed by atoms with Crippen LogP contribution in [-0.4, -0.2) is 63.2 Å². The van der Waals surface area contributed by atoms with Crippen LogP contribution in [0.15, 0.2) is 48.5 Å². The van der Waals surface area contributed by atoms with E-state index in [1.807, 2.05) is 51.1 Å². The van der Waals surface area contributed by atoms with Crippen molar-refractivity contribution in [1.29, 1.82) is 0 Å². The van der Waals surface area contributed by atoms with Crippen LogP contribution in [-0.2, 0) is 26.2 Å². The number of amides is 2. The van der Waals surface area contributed by atoms with Crippen molar-refractivity contribution in [2.45, 2.75) is 46.7 Å². The van der Waals surface area contributed by atoms with E-state index >= 15 is 0 Å². The van der Waals surface area contributed by atoms with Crippen molar-refractivity contribution < 1.29 is 27.5 Å². The fraction of sp³-hybridized carbons (Fsp3) is 0.481. The monoisotopic (exact) mass is 531 g/mol. The fourth-order valence-electron chi connectivity index (χ4n) is 4.03. The lowest BCUT2D eigenvalue weighted by molar-refractivity contribution is -0.140. The Morgan fingerprint density at radius 3 is 2.30 bits per heavy atom. The molecule has 0 saturated carbocycles. The van der Waals surface area contributed by atoms with Crippen LogP contribution < -0.4 is 19.1 Å². The molecule has 0 spiro atoms. The maximum atomic E-state index is 13.8. The van der Waals surface area contributed by atoms with Crippen molar-refractivity contribution in [2.75, 3.05) is 36.4 Å². The summed E-state index contributed by atoms with van der Waals surface area (Å²) in [6, 6.07) is 13.4. The summed E-state index contributed by atoms with van der Waals surface area (Å²) in [7, 11) is -3.83. The number of nitrogens with one attached hydrogen (secondary N) is 1. The molecule has 2 aromatic carbocycles. The quantitative estimate of drug-likeness (QED) is 0.451. The first-order valence-electron chi connectivity index (χ1n) is 12.7. The Bertz CT molecular complexity index is 1170. The number of ether oxygens (including phenoxy) is 2. The van der Waals surface area contributed by atoms with Gasteiger partial charge in [-0.05, 0) is 37.0 Å². The second-order valence-corrected chi connectivity index (χ2v) is 11.5. The van der Waals surface area contributed by atoms with Gasteiger partial charge in [0, 0.05) is 19.2 Å². The average Bonchev–Trinajstić information content (AvgIpc) is 2.90. The zero-order valence-electron chi connectivity index (χ0n) is 22.0. The highest BCUT2D eigenvalue weighted by molar-refractivity contribution is 7.92. The Morgan fingerprint density at radius 2 is 1.68 bits per heavy atom. The van der Waals surface area contributed by atoms with Gasteiger partial charge in [0.05, 0.1) is 11.4 Å². The van der Waals surface area contributed by atoms with E-state index in [4.69, 9.17) is 9.47 Å². The zero-order chi connectivity index (χ0) is 27.0. The standard InChI is InChI=1S/C27H37N3O6S/c1-5-23(27(32)28-17-20(3)4)29(18-21-10-8-7-9-11-21)26(31)19-30(37(33,34)6-2)22-12-13-24-25(16-22)36-15-14-35-24/h7-13,16,20,23H,5-6,14-15,17-19H2,1-4H3,(H,28,32)/t23-/m0/s1. The van der Waals surface area contributed by atoms with Gasteiger partial charge in [0.25, 0.3) is 0 Å². The molecule has 1 N–H and O–H groups in total. The molecule has 0 radical (unpaired) electrons. The van der Waals surface area contributed by atoms with Crippen molar-refractivity contribution in [3.05, 3.63) is 54.1 Å². The first-order chi connectivity index (χ1) is 17.7. The third-order valence-corrected chi connectivity index (χ3v) is 7.80. The smallest absolute Gasteiger partial charge is 0.244 e. The SMILES string of the molecule is CC[C@@H](C(=O)NCC(C)C)N(Cc1ccccc1)C(=O)CN(c1ccc2c(c1)OCCO2)S(=O)(=O)CC. The van der Waals surface area contributed by atoms with Gasteiger partial charge in [0.1, 0.15) is 25.8 Å². The second-order valence-electron chi connectivity index (χ2n) is 9.31. The number of benzene rings is 2. The summed E-state index contributed by atoms with van der Waals surface area (Å²) >= 11 is 0. The van der Waals surface area contributed by atoms with E-state index in [0.717, 1.165) is 9.87 Å². The third-order valence-electron chi connectivity index (χ3n) is 6.06. The number of nitrogens with zero attached hydrogens (tertiary/aromatic N) is 2. The predicted molar refractivity (Wildman–Crippen MR) is 143 cm³/mol. The molecule has 2 amide bonds. The molecule has 9 nitrogen and oxygen atoms in total. The molecule has 1 aliphatic heterocycles. The molecule has 2 aromatic rings. The van der Waals surface area contributed by atoms with Crippen LogP contribution in [0.25, 0.3) is 0 Å². The summed E-state index contributed by atoms with van der Waals surface area (Å²) in [6.07, 6.45) is 0.382. The van der Waals surface area contributed by atoms with Crippen molar-refractivity contribution in [1.82, 2.24) is 10.2 Å². The van der Waals surface area contributed by atoms with Crippen LogP contribution in [0, 0.1) is 5.92 Å². The van der Waals surface area contributed by atoms with Crippen LogP contribution >= 0.6 is 0 Å². The van der Waals surface area contributed by atoms with Gasteiger partial charge < -0.3 is 19.7 Å². The topological polar surface area (TPSA) is 105 Å². The lowest BCUT2D eigenvalue weighted by Crippen LogP contribution is -2.52. The highest BCUT2D eigenvalue weighted by Gasteiger charge is 2.33. The molecule has 0 saturated heterocycles. The van der Waals surface area contributed by atoms with Gasteiger partial charge in [-0.25, -0.2) is 8.42 Å². The van der Waals surface area contributed by atoms with Crippen LogP contribution in [0.3, 0.4) is 0 Å². The minimum atomic E-state index is -3.83. The van der Waals surface area contributed by atoms with E-state index in [0.29, 0.717) is 43.4 Å². The Labute approximate surface area is 219 Å². The largest absolute Gasteiger partial charge is 0.486 e. The minimum absolute atomic E-state index is 0.175. The van der Waals surface area contributed by atoms with Crippen LogP contribution in [0.5, 0.6) is 11.5 Å². The molecule has 0 fully saturated rings. The second kappa shape index (κ2) is 12.8. The molecule has 202 valence electrons. The van der Waals surface area contributed by atoms with Crippen molar-refractivity contribution in [3.63, 3.8) is 0 Å². The number of anilines is 1. The van der Waals surface area contributed by atoms with Gasteiger partial charge in [-0.1, -0.05) is 51.1 Å². The van der Waals surface area contributed by atoms with E-state index in [9.17, 15) is 18.0 Å². The highest BCUT2D eigenvalue weighted by Crippen LogP contribution is 2.35. The molecule has 0 aromatic heterocycles. The molecule has 1 atom stereocenters. The molecule has 37 heavy (non-hydrogen) atoms. The number of rotatable bonds is 12. The van der Waals surface area contributed by atoms with E-state index in [2.05, 4.69) is 5.32 Å². The number of carbonyl (C=O) groups is 2. The lowest BCUT2D eigenvalue weighted by atomic mass is 10.1. The molecular weight excluding hydrogens is 494 g/mol. The van der Waals surface area contributed by atoms with E-state index < -0.39 is 28.5 Å². The van der Waals surface area contributed by atoms with E-state index in [1.54, 1.807) is 18.2 Å². The minimum Gasteiger partial charge on any atom is -0.486 e. The lowest BCUT2D eigenvalue weighted by Gasteiger charge is -2.33. The van der Waals surface area contributed by atoms with Crippen LogP contribution in [0.2, 0.25) is 0 Å². The van der Waals surface area contributed by atoms with E-state index in [1.165, 1.54) is 11.8 Å². The average molecular weight is 532 g/mol. The first-order valence-corrected chi connectivity index (χ1v) is 14.3. The van der Waals surface area contributed by atoms with Gasteiger partial charge in [-0.15, -0.1) is 0 Å². The molecular formula is C27H37N3O6S. The Hall–Kier alpha value is -3.27. The summed E-state index contributed by atoms with van der Waals surface area (Å²) in [6.45, 7) is 8.33. The van der Waals surface area contributed by atoms with Gasteiger partial charge >= 0.3 is 0 Å². The summed E-state index contributed by atoms with van der Waals surface area (Å²) in [5, 5.41) is 2.92. The molecule has 10 heteroatoms. The number of sulfonamides is 1. The zero-order valence-corrected chi connectivity index (χ0v) is 22.8. The molecule has 3 rings (SSSR count). The molecule has 0 unspecified atom stereocenters. The number of hydrogen-bond donors (Lipinski definition) is 1. The Balaban J connectivity index is 1.95.